The molecule has 1 amide bonds. The second-order valence-electron chi connectivity index (χ2n) is 4.23. The Morgan fingerprint density at radius 2 is 1.96 bits per heavy atom. The van der Waals surface area contributed by atoms with E-state index in [1.165, 1.54) is 12.3 Å². The van der Waals surface area contributed by atoms with Crippen LogP contribution in [0.2, 0.25) is 0 Å². The van der Waals surface area contributed by atoms with Crippen molar-refractivity contribution in [3.63, 3.8) is 0 Å². The molecule has 2 aromatic rings. The number of hydrogen-bond acceptors (Lipinski definition) is 4. The summed E-state index contributed by atoms with van der Waals surface area (Å²) < 4.78 is 48.6. The predicted octanol–water partition coefficient (Wildman–Crippen LogP) is 2.89. The van der Waals surface area contributed by atoms with Crippen molar-refractivity contribution < 1.29 is 31.9 Å². The Hall–Kier alpha value is -3.03. The lowest BCUT2D eigenvalue weighted by Gasteiger charge is -2.07. The quantitative estimate of drug-likeness (QED) is 0.521. The number of benzene rings is 1. The van der Waals surface area contributed by atoms with E-state index in [0.717, 1.165) is 12.1 Å². The van der Waals surface area contributed by atoms with E-state index in [-0.39, 0.29) is 0 Å². The van der Waals surface area contributed by atoms with E-state index < -0.39 is 41.6 Å². The molecular formula is C15H10F3NO4. The number of anilines is 1. The van der Waals surface area contributed by atoms with Crippen LogP contribution in [0, 0.1) is 17.5 Å². The largest absolute Gasteiger partial charge is 0.465 e. The van der Waals surface area contributed by atoms with Crippen molar-refractivity contribution in [3.8, 4) is 0 Å². The van der Waals surface area contributed by atoms with Crippen LogP contribution in [-0.4, -0.2) is 18.5 Å². The van der Waals surface area contributed by atoms with Crippen molar-refractivity contribution in [2.45, 2.75) is 0 Å². The van der Waals surface area contributed by atoms with Gasteiger partial charge in [0.05, 0.1) is 12.0 Å². The lowest BCUT2D eigenvalue weighted by Crippen LogP contribution is -2.21. The van der Waals surface area contributed by atoms with Gasteiger partial charge in [-0.25, -0.2) is 18.0 Å². The number of ether oxygens (including phenoxy) is 1. The average molecular weight is 325 g/mol. The van der Waals surface area contributed by atoms with Gasteiger partial charge in [0.1, 0.15) is 5.76 Å². The number of esters is 1. The highest BCUT2D eigenvalue weighted by atomic mass is 19.2. The van der Waals surface area contributed by atoms with Gasteiger partial charge < -0.3 is 14.5 Å². The highest BCUT2D eigenvalue weighted by Crippen LogP contribution is 2.19. The normalized spacial score (nSPS) is 10.7. The van der Waals surface area contributed by atoms with Crippen molar-refractivity contribution in [2.75, 3.05) is 11.9 Å². The second-order valence-corrected chi connectivity index (χ2v) is 4.23. The zero-order chi connectivity index (χ0) is 16.8. The van der Waals surface area contributed by atoms with Crippen LogP contribution in [0.25, 0.3) is 6.08 Å². The Bertz CT molecular complexity index is 741. The number of hydrogen-bond donors (Lipinski definition) is 1. The molecule has 5 nitrogen and oxygen atoms in total. The second kappa shape index (κ2) is 7.30. The maximum Gasteiger partial charge on any atom is 0.331 e. The van der Waals surface area contributed by atoms with Gasteiger partial charge in [-0.1, -0.05) is 0 Å². The van der Waals surface area contributed by atoms with Gasteiger partial charge in [0.25, 0.3) is 5.91 Å². The van der Waals surface area contributed by atoms with Crippen molar-refractivity contribution in [1.82, 2.24) is 0 Å². The van der Waals surface area contributed by atoms with Crippen LogP contribution in [0.15, 0.2) is 41.0 Å². The maximum atomic E-state index is 13.3. The minimum Gasteiger partial charge on any atom is -0.465 e. The predicted molar refractivity (Wildman–Crippen MR) is 73.6 cm³/mol. The third kappa shape index (κ3) is 4.47. The van der Waals surface area contributed by atoms with Gasteiger partial charge in [-0.15, -0.1) is 0 Å². The zero-order valence-electron chi connectivity index (χ0n) is 11.5. The SMILES string of the molecule is O=C(COC(=O)/C=C/c1ccco1)Nc1ccc(F)c(F)c1F. The molecule has 8 heteroatoms. The molecule has 0 unspecified atom stereocenters. The fourth-order valence-electron chi connectivity index (χ4n) is 1.53. The summed E-state index contributed by atoms with van der Waals surface area (Å²) in [7, 11) is 0. The molecule has 0 aliphatic rings. The summed E-state index contributed by atoms with van der Waals surface area (Å²) in [6.07, 6.45) is 3.77. The van der Waals surface area contributed by atoms with Crippen molar-refractivity contribution in [2.24, 2.45) is 0 Å². The summed E-state index contributed by atoms with van der Waals surface area (Å²) in [6, 6.07) is 4.73. The number of halogens is 3. The van der Waals surface area contributed by atoms with Crippen LogP contribution >= 0.6 is 0 Å². The molecule has 2 rings (SSSR count). The Balaban J connectivity index is 1.86. The van der Waals surface area contributed by atoms with Crippen LogP contribution in [0.3, 0.4) is 0 Å². The molecule has 0 aliphatic carbocycles. The molecule has 120 valence electrons. The maximum absolute atomic E-state index is 13.3. The van der Waals surface area contributed by atoms with Gasteiger partial charge in [-0.3, -0.25) is 4.79 Å². The van der Waals surface area contributed by atoms with Crippen LogP contribution in [0.4, 0.5) is 18.9 Å². The summed E-state index contributed by atoms with van der Waals surface area (Å²) in [4.78, 5) is 22.8. The smallest absolute Gasteiger partial charge is 0.331 e. The molecular weight excluding hydrogens is 315 g/mol. The molecule has 0 bridgehead atoms. The number of nitrogens with one attached hydrogen (secondary N) is 1. The molecule has 23 heavy (non-hydrogen) atoms. The van der Waals surface area contributed by atoms with E-state index in [0.29, 0.717) is 11.8 Å². The first-order valence-corrected chi connectivity index (χ1v) is 6.29. The summed E-state index contributed by atoms with van der Waals surface area (Å²) in [5, 5.41) is 1.96. The van der Waals surface area contributed by atoms with Crippen molar-refractivity contribution >= 4 is 23.6 Å². The van der Waals surface area contributed by atoms with Gasteiger partial charge >= 0.3 is 5.97 Å². The van der Waals surface area contributed by atoms with E-state index in [9.17, 15) is 22.8 Å². The Kier molecular flexibility index (Phi) is 5.19. The highest BCUT2D eigenvalue weighted by molar-refractivity contribution is 5.94. The molecule has 1 heterocycles. The minimum atomic E-state index is -1.71. The lowest BCUT2D eigenvalue weighted by atomic mass is 10.3. The van der Waals surface area contributed by atoms with E-state index in [1.807, 2.05) is 5.32 Å². The van der Waals surface area contributed by atoms with Crippen LogP contribution < -0.4 is 5.32 Å². The molecule has 1 aromatic heterocycles. The summed E-state index contributed by atoms with van der Waals surface area (Å²) in [5.74, 6) is -5.95. The monoisotopic (exact) mass is 325 g/mol. The summed E-state index contributed by atoms with van der Waals surface area (Å²) in [6.45, 7) is -0.722. The molecule has 0 saturated carbocycles. The molecule has 0 fully saturated rings. The van der Waals surface area contributed by atoms with E-state index in [1.54, 1.807) is 12.1 Å². The van der Waals surface area contributed by atoms with Crippen LogP contribution in [-0.2, 0) is 14.3 Å². The van der Waals surface area contributed by atoms with E-state index in [4.69, 9.17) is 4.42 Å². The number of carbonyl (C=O) groups is 2. The third-order valence-electron chi connectivity index (χ3n) is 2.58. The molecule has 1 aromatic carbocycles. The third-order valence-corrected chi connectivity index (χ3v) is 2.58. The first-order valence-electron chi connectivity index (χ1n) is 6.29. The van der Waals surface area contributed by atoms with Gasteiger partial charge in [0.15, 0.2) is 24.1 Å². The zero-order valence-corrected chi connectivity index (χ0v) is 11.5. The van der Waals surface area contributed by atoms with E-state index in [2.05, 4.69) is 4.74 Å². The van der Waals surface area contributed by atoms with Crippen molar-refractivity contribution in [1.29, 1.82) is 0 Å². The molecule has 1 N–H and O–H groups in total. The van der Waals surface area contributed by atoms with Gasteiger partial charge in [0.2, 0.25) is 0 Å². The molecule has 0 spiro atoms. The number of carbonyl (C=O) groups excluding carboxylic acids is 2. The van der Waals surface area contributed by atoms with Gasteiger partial charge in [0, 0.05) is 6.08 Å². The minimum absolute atomic E-state index is 0.412. The first-order chi connectivity index (χ1) is 11.0. The lowest BCUT2D eigenvalue weighted by molar-refractivity contribution is -0.142. The Labute approximate surface area is 128 Å². The highest BCUT2D eigenvalue weighted by Gasteiger charge is 2.15. The number of amides is 1. The Morgan fingerprint density at radius 1 is 1.17 bits per heavy atom. The van der Waals surface area contributed by atoms with E-state index >= 15 is 0 Å². The molecule has 0 atom stereocenters. The topological polar surface area (TPSA) is 68.5 Å². The van der Waals surface area contributed by atoms with Gasteiger partial charge in [-0.05, 0) is 30.3 Å². The fourth-order valence-corrected chi connectivity index (χ4v) is 1.53. The summed E-state index contributed by atoms with van der Waals surface area (Å²) >= 11 is 0. The number of rotatable bonds is 5. The first kappa shape index (κ1) is 16.3. The molecule has 0 aliphatic heterocycles. The van der Waals surface area contributed by atoms with Crippen LogP contribution in [0.5, 0.6) is 0 Å². The Morgan fingerprint density at radius 3 is 2.65 bits per heavy atom. The van der Waals surface area contributed by atoms with Crippen molar-refractivity contribution in [3.05, 3.63) is 59.8 Å². The number of furan rings is 1. The standard InChI is InChI=1S/C15H10F3NO4/c16-10-4-5-11(15(18)14(10)17)19-12(20)8-23-13(21)6-3-9-2-1-7-22-9/h1-7H,8H2,(H,19,20)/b6-3+. The molecule has 0 saturated heterocycles. The fraction of sp³-hybridized carbons (Fsp3) is 0.0667. The summed E-state index contributed by atoms with van der Waals surface area (Å²) in [5.41, 5.74) is -0.559. The average Bonchev–Trinajstić information content (AvgIpc) is 3.05. The molecule has 0 radical (unpaired) electrons. The van der Waals surface area contributed by atoms with Crippen LogP contribution in [0.1, 0.15) is 5.76 Å². The van der Waals surface area contributed by atoms with Gasteiger partial charge in [-0.2, -0.15) is 0 Å².